The third-order valence-corrected chi connectivity index (χ3v) is 4.95. The van der Waals surface area contributed by atoms with E-state index in [1.54, 1.807) is 16.7 Å². The van der Waals surface area contributed by atoms with Gasteiger partial charge >= 0.3 is 5.97 Å². The summed E-state index contributed by atoms with van der Waals surface area (Å²) in [5, 5.41) is 9.34. The highest BCUT2D eigenvalue weighted by Gasteiger charge is 2.27. The largest absolute Gasteiger partial charge is 0.476 e. The van der Waals surface area contributed by atoms with Gasteiger partial charge in [-0.1, -0.05) is 31.2 Å². The summed E-state index contributed by atoms with van der Waals surface area (Å²) in [4.78, 5) is 30.6. The summed E-state index contributed by atoms with van der Waals surface area (Å²) >= 11 is 0. The van der Waals surface area contributed by atoms with Gasteiger partial charge in [0, 0.05) is 18.1 Å². The maximum Gasteiger partial charge on any atom is 0.360 e. The summed E-state index contributed by atoms with van der Waals surface area (Å²) in [5.74, 6) is -1.29. The van der Waals surface area contributed by atoms with Crippen molar-refractivity contribution in [2.24, 2.45) is 0 Å². The van der Waals surface area contributed by atoms with Crippen LogP contribution in [-0.2, 0) is 0 Å². The van der Waals surface area contributed by atoms with Crippen LogP contribution in [0.5, 0.6) is 0 Å². The Morgan fingerprint density at radius 3 is 2.72 bits per heavy atom. The molecule has 0 radical (unpaired) electrons. The molecular weight excluding hydrogens is 318 g/mol. The van der Waals surface area contributed by atoms with Gasteiger partial charge in [-0.05, 0) is 38.9 Å². The summed E-state index contributed by atoms with van der Waals surface area (Å²) in [7, 11) is 0. The van der Waals surface area contributed by atoms with Crippen LogP contribution in [0.1, 0.15) is 43.7 Å². The molecule has 0 aliphatic carbocycles. The molecular formula is C19H23N3O3. The molecule has 1 aromatic heterocycles. The van der Waals surface area contributed by atoms with Crippen LogP contribution in [-0.4, -0.2) is 44.2 Å². The minimum atomic E-state index is -1.29. The topological polar surface area (TPSA) is 75.4 Å². The third-order valence-electron chi connectivity index (χ3n) is 4.95. The number of fused-ring (bicyclic) bond motifs is 1. The number of carbonyl (C=O) groups is 1. The zero-order chi connectivity index (χ0) is 18.1. The first kappa shape index (κ1) is 17.4. The fraction of sp³-hybridized carbons (Fsp3) is 0.421. The number of hydrogen-bond acceptors (Lipinski definition) is 4. The minimum absolute atomic E-state index is 0.146. The summed E-state index contributed by atoms with van der Waals surface area (Å²) in [5.41, 5.74) is 0.224. The molecule has 0 bridgehead atoms. The van der Waals surface area contributed by atoms with Crippen molar-refractivity contribution in [2.45, 2.75) is 45.3 Å². The van der Waals surface area contributed by atoms with E-state index in [2.05, 4.69) is 35.9 Å². The van der Waals surface area contributed by atoms with E-state index in [9.17, 15) is 14.7 Å². The molecule has 1 aliphatic heterocycles. The van der Waals surface area contributed by atoms with E-state index in [0.717, 1.165) is 13.0 Å². The molecule has 6 nitrogen and oxygen atoms in total. The SMILES string of the molecule is CCN1[C@@H](C[C@@H](C)n2c(=O)c(C(=O)O)nc3ccccc32)C=C[C@@H]1C. The molecule has 1 aliphatic rings. The lowest BCUT2D eigenvalue weighted by Crippen LogP contribution is -2.38. The van der Waals surface area contributed by atoms with Gasteiger partial charge in [-0.3, -0.25) is 9.69 Å². The number of rotatable bonds is 5. The van der Waals surface area contributed by atoms with Crippen molar-refractivity contribution in [1.29, 1.82) is 0 Å². The number of aromatic nitrogens is 2. The first-order valence-electron chi connectivity index (χ1n) is 8.62. The Balaban J connectivity index is 2.05. The Bertz CT molecular complexity index is 887. The molecule has 0 fully saturated rings. The van der Waals surface area contributed by atoms with Crippen LogP contribution in [0, 0.1) is 0 Å². The molecule has 2 heterocycles. The highest BCUT2D eigenvalue weighted by molar-refractivity contribution is 5.88. The van der Waals surface area contributed by atoms with Crippen LogP contribution in [0.2, 0.25) is 0 Å². The zero-order valence-electron chi connectivity index (χ0n) is 14.7. The second-order valence-corrected chi connectivity index (χ2v) is 6.54. The van der Waals surface area contributed by atoms with Crippen LogP contribution >= 0.6 is 0 Å². The second-order valence-electron chi connectivity index (χ2n) is 6.54. The lowest BCUT2D eigenvalue weighted by molar-refractivity contribution is 0.0688. The van der Waals surface area contributed by atoms with Gasteiger partial charge in [0.15, 0.2) is 0 Å². The van der Waals surface area contributed by atoms with Gasteiger partial charge in [-0.2, -0.15) is 0 Å². The van der Waals surface area contributed by atoms with Crippen molar-refractivity contribution in [2.75, 3.05) is 6.54 Å². The molecule has 0 saturated carbocycles. The monoisotopic (exact) mass is 341 g/mol. The molecule has 0 spiro atoms. The number of carboxylic acids is 1. The van der Waals surface area contributed by atoms with E-state index < -0.39 is 17.2 Å². The van der Waals surface area contributed by atoms with Gasteiger partial charge in [-0.15, -0.1) is 0 Å². The first-order chi connectivity index (χ1) is 11.9. The Morgan fingerprint density at radius 2 is 2.04 bits per heavy atom. The maximum absolute atomic E-state index is 12.7. The smallest absolute Gasteiger partial charge is 0.360 e. The molecule has 3 atom stereocenters. The Hall–Kier alpha value is -2.47. The lowest BCUT2D eigenvalue weighted by atomic mass is 10.1. The maximum atomic E-state index is 12.7. The number of para-hydroxylation sites is 2. The fourth-order valence-electron chi connectivity index (χ4n) is 3.73. The molecule has 0 amide bonds. The Labute approximate surface area is 146 Å². The quantitative estimate of drug-likeness (QED) is 0.846. The molecule has 1 N–H and O–H groups in total. The number of nitrogens with zero attached hydrogens (tertiary/aromatic N) is 3. The number of likely N-dealkylation sites (N-methyl/N-ethyl adjacent to an activating group) is 1. The highest BCUT2D eigenvalue weighted by atomic mass is 16.4. The van der Waals surface area contributed by atoms with Crippen molar-refractivity contribution in [3.63, 3.8) is 0 Å². The molecule has 25 heavy (non-hydrogen) atoms. The summed E-state index contributed by atoms with van der Waals surface area (Å²) in [6.07, 6.45) is 5.09. The predicted molar refractivity (Wildman–Crippen MR) is 97.1 cm³/mol. The third kappa shape index (κ3) is 3.09. The van der Waals surface area contributed by atoms with Gasteiger partial charge in [-0.25, -0.2) is 9.78 Å². The Morgan fingerprint density at radius 1 is 1.32 bits per heavy atom. The molecule has 3 rings (SSSR count). The van der Waals surface area contributed by atoms with Crippen molar-refractivity contribution < 1.29 is 9.90 Å². The van der Waals surface area contributed by atoms with Crippen molar-refractivity contribution in [3.05, 3.63) is 52.5 Å². The van der Waals surface area contributed by atoms with Crippen molar-refractivity contribution >= 4 is 17.0 Å². The summed E-state index contributed by atoms with van der Waals surface area (Å²) < 4.78 is 1.58. The molecule has 0 saturated heterocycles. The van der Waals surface area contributed by atoms with Crippen molar-refractivity contribution in [3.8, 4) is 0 Å². The Kier molecular flexibility index (Phi) is 4.72. The number of aromatic carboxylic acids is 1. The van der Waals surface area contributed by atoms with E-state index in [-0.39, 0.29) is 12.1 Å². The minimum Gasteiger partial charge on any atom is -0.476 e. The van der Waals surface area contributed by atoms with E-state index in [1.165, 1.54) is 0 Å². The number of hydrogen-bond donors (Lipinski definition) is 1. The van der Waals surface area contributed by atoms with Crippen LogP contribution < -0.4 is 5.56 Å². The molecule has 132 valence electrons. The normalized spacial score (nSPS) is 21.7. The van der Waals surface area contributed by atoms with Gasteiger partial charge in [0.25, 0.3) is 5.56 Å². The summed E-state index contributed by atoms with van der Waals surface area (Å²) in [6.45, 7) is 7.17. The van der Waals surface area contributed by atoms with Crippen LogP contribution in [0.15, 0.2) is 41.2 Å². The summed E-state index contributed by atoms with van der Waals surface area (Å²) in [6, 6.07) is 7.65. The van der Waals surface area contributed by atoms with Crippen LogP contribution in [0.25, 0.3) is 11.0 Å². The lowest BCUT2D eigenvalue weighted by Gasteiger charge is -2.30. The van der Waals surface area contributed by atoms with Gasteiger partial charge in [0.05, 0.1) is 11.0 Å². The number of benzene rings is 1. The predicted octanol–water partition coefficient (Wildman–Crippen LogP) is 2.69. The van der Waals surface area contributed by atoms with Crippen molar-refractivity contribution in [1.82, 2.24) is 14.5 Å². The highest BCUT2D eigenvalue weighted by Crippen LogP contribution is 2.25. The van der Waals surface area contributed by atoms with Gasteiger partial charge in [0.1, 0.15) is 0 Å². The van der Waals surface area contributed by atoms with E-state index in [0.29, 0.717) is 17.1 Å². The average molecular weight is 341 g/mol. The molecule has 2 aromatic rings. The van der Waals surface area contributed by atoms with Crippen LogP contribution in [0.4, 0.5) is 0 Å². The number of carboxylic acid groups (broad SMARTS) is 1. The average Bonchev–Trinajstić information content (AvgIpc) is 2.93. The second kappa shape index (κ2) is 6.80. The fourth-order valence-corrected chi connectivity index (χ4v) is 3.73. The zero-order valence-corrected chi connectivity index (χ0v) is 14.7. The first-order valence-corrected chi connectivity index (χ1v) is 8.62. The van der Waals surface area contributed by atoms with E-state index in [4.69, 9.17) is 0 Å². The molecule has 6 heteroatoms. The standard InChI is InChI=1S/C19H23N3O3/c1-4-21-12(2)9-10-14(21)11-13(3)22-16-8-6-5-7-15(16)20-17(18(22)23)19(24)25/h5-10,12-14H,4,11H2,1-3H3,(H,24,25)/t12-,13+,14+/m0/s1. The van der Waals surface area contributed by atoms with Gasteiger partial charge < -0.3 is 9.67 Å². The molecule has 0 unspecified atom stereocenters. The van der Waals surface area contributed by atoms with Gasteiger partial charge in [0.2, 0.25) is 5.69 Å². The van der Waals surface area contributed by atoms with Crippen LogP contribution in [0.3, 0.4) is 0 Å². The molecule has 1 aromatic carbocycles. The van der Waals surface area contributed by atoms with E-state index >= 15 is 0 Å². The van der Waals surface area contributed by atoms with E-state index in [1.807, 2.05) is 19.1 Å².